The van der Waals surface area contributed by atoms with Gasteiger partial charge in [0, 0.05) is 0 Å². The van der Waals surface area contributed by atoms with Crippen molar-refractivity contribution in [2.75, 3.05) is 0 Å². The van der Waals surface area contributed by atoms with E-state index in [4.69, 9.17) is 9.15 Å². The number of nitrogens with one attached hydrogen (secondary N) is 1. The highest BCUT2D eigenvalue weighted by Crippen LogP contribution is 2.32. The zero-order valence-corrected chi connectivity index (χ0v) is 11.0. The summed E-state index contributed by atoms with van der Waals surface area (Å²) in [6.07, 6.45) is -4.77. The number of hydrogen-bond donors (Lipinski definition) is 1. The molecule has 0 fully saturated rings. The Balaban J connectivity index is 2.86. The van der Waals surface area contributed by atoms with Crippen molar-refractivity contribution in [2.24, 2.45) is 0 Å². The number of ether oxygens (including phenoxy) is 1. The Hall–Kier alpha value is -1.73. The summed E-state index contributed by atoms with van der Waals surface area (Å²) in [5.74, 6) is -0.411. The molecule has 0 spiro atoms. The maximum atomic E-state index is 12.8. The zero-order chi connectivity index (χ0) is 14.8. The Bertz CT molecular complexity index is 449. The Morgan fingerprint density at radius 1 is 1.42 bits per heavy atom. The van der Waals surface area contributed by atoms with Gasteiger partial charge in [-0.05, 0) is 27.7 Å². The molecule has 0 bridgehead atoms. The molecule has 1 aromatic heterocycles. The van der Waals surface area contributed by atoms with Gasteiger partial charge in [-0.15, -0.1) is 0 Å². The normalized spacial score (nSPS) is 14.1. The third-order valence-corrected chi connectivity index (χ3v) is 1.87. The van der Waals surface area contributed by atoms with E-state index in [-0.39, 0.29) is 5.76 Å². The molecule has 1 atom stereocenters. The number of hydrogen-bond acceptors (Lipinski definition) is 4. The van der Waals surface area contributed by atoms with Gasteiger partial charge in [0.15, 0.2) is 0 Å². The Morgan fingerprint density at radius 2 is 2.00 bits per heavy atom. The lowest BCUT2D eigenvalue weighted by atomic mass is 10.2. The molecule has 0 saturated carbocycles. The van der Waals surface area contributed by atoms with Crippen LogP contribution >= 0.6 is 0 Å². The number of alkyl halides is 3. The zero-order valence-electron chi connectivity index (χ0n) is 11.0. The molecule has 1 unspecified atom stereocenters. The lowest BCUT2D eigenvalue weighted by Crippen LogP contribution is -2.41. The first kappa shape index (κ1) is 15.3. The van der Waals surface area contributed by atoms with Gasteiger partial charge in [0.25, 0.3) is 0 Å². The van der Waals surface area contributed by atoms with E-state index in [0.717, 1.165) is 6.20 Å². The first-order valence-corrected chi connectivity index (χ1v) is 5.47. The van der Waals surface area contributed by atoms with Crippen LogP contribution in [0.1, 0.15) is 38.5 Å². The summed E-state index contributed by atoms with van der Waals surface area (Å²) in [5.41, 5.74) is -0.896. The predicted octanol–water partition coefficient (Wildman–Crippen LogP) is 3.11. The highest BCUT2D eigenvalue weighted by Gasteiger charge is 2.45. The minimum absolute atomic E-state index is 0.218. The fourth-order valence-corrected chi connectivity index (χ4v) is 1.21. The maximum Gasteiger partial charge on any atom is 0.417 e. The summed E-state index contributed by atoms with van der Waals surface area (Å²) in [6.45, 7) is 6.09. The lowest BCUT2D eigenvalue weighted by molar-refractivity contribution is -0.161. The van der Waals surface area contributed by atoms with Crippen LogP contribution in [0.25, 0.3) is 0 Å². The van der Waals surface area contributed by atoms with E-state index < -0.39 is 29.8 Å². The van der Waals surface area contributed by atoms with E-state index in [0.29, 0.717) is 0 Å². The van der Waals surface area contributed by atoms with Crippen molar-refractivity contribution in [3.8, 4) is 0 Å². The van der Waals surface area contributed by atoms with Crippen LogP contribution in [0.15, 0.2) is 10.6 Å². The minimum Gasteiger partial charge on any atom is -0.444 e. The molecule has 0 radical (unpaired) electrons. The molecule has 1 rings (SSSR count). The molecule has 5 nitrogen and oxygen atoms in total. The fraction of sp³-hybridized carbons (Fsp3) is 0.636. The van der Waals surface area contributed by atoms with E-state index in [1.165, 1.54) is 6.92 Å². The van der Waals surface area contributed by atoms with E-state index in [9.17, 15) is 18.0 Å². The number of alkyl carbamates (subject to hydrolysis) is 1. The van der Waals surface area contributed by atoms with Crippen molar-refractivity contribution in [1.29, 1.82) is 0 Å². The van der Waals surface area contributed by atoms with Gasteiger partial charge < -0.3 is 14.5 Å². The molecule has 0 aliphatic carbocycles. The van der Waals surface area contributed by atoms with Gasteiger partial charge in [0.2, 0.25) is 11.9 Å². The minimum atomic E-state index is -4.73. The summed E-state index contributed by atoms with van der Waals surface area (Å²) in [6, 6.07) is -2.34. The van der Waals surface area contributed by atoms with Crippen molar-refractivity contribution in [2.45, 2.75) is 45.5 Å². The predicted molar refractivity (Wildman–Crippen MR) is 59.4 cm³/mol. The molecule has 0 saturated heterocycles. The van der Waals surface area contributed by atoms with Gasteiger partial charge in [-0.3, -0.25) is 0 Å². The van der Waals surface area contributed by atoms with E-state index in [1.54, 1.807) is 26.1 Å². The van der Waals surface area contributed by atoms with Crippen molar-refractivity contribution in [3.05, 3.63) is 17.8 Å². The highest BCUT2D eigenvalue weighted by atomic mass is 19.4. The second-order valence-electron chi connectivity index (χ2n) is 4.93. The standard InChI is InChI=1S/C11H15F3N2O3/c1-6-5-15-8(18-6)7(11(12,13)14)16-9(17)19-10(2,3)4/h5,7H,1-4H3,(H,16,17). The number of nitrogens with zero attached hydrogens (tertiary/aromatic N) is 1. The molecular formula is C11H15F3N2O3. The Morgan fingerprint density at radius 3 is 2.37 bits per heavy atom. The van der Waals surface area contributed by atoms with Gasteiger partial charge >= 0.3 is 12.3 Å². The third-order valence-electron chi connectivity index (χ3n) is 1.87. The molecule has 1 N–H and O–H groups in total. The summed E-state index contributed by atoms with van der Waals surface area (Å²) in [4.78, 5) is 14.9. The van der Waals surface area contributed by atoms with Crippen LogP contribution in [0.2, 0.25) is 0 Å². The quantitative estimate of drug-likeness (QED) is 0.904. The summed E-state index contributed by atoms with van der Waals surface area (Å²) >= 11 is 0. The van der Waals surface area contributed by atoms with Crippen molar-refractivity contribution >= 4 is 6.09 Å². The molecule has 8 heteroatoms. The molecule has 1 heterocycles. The average Bonchev–Trinajstić information content (AvgIpc) is 2.56. The molecule has 0 aliphatic rings. The number of aromatic nitrogens is 1. The highest BCUT2D eigenvalue weighted by molar-refractivity contribution is 5.68. The van der Waals surface area contributed by atoms with E-state index >= 15 is 0 Å². The van der Waals surface area contributed by atoms with Crippen molar-refractivity contribution in [3.63, 3.8) is 0 Å². The van der Waals surface area contributed by atoms with Crippen molar-refractivity contribution < 1.29 is 27.1 Å². The molecule has 1 aromatic rings. The lowest BCUT2D eigenvalue weighted by Gasteiger charge is -2.23. The largest absolute Gasteiger partial charge is 0.444 e. The van der Waals surface area contributed by atoms with Crippen molar-refractivity contribution in [1.82, 2.24) is 10.3 Å². The summed E-state index contributed by atoms with van der Waals surface area (Å²) in [7, 11) is 0. The second kappa shape index (κ2) is 5.10. The SMILES string of the molecule is Cc1cnc(C(NC(=O)OC(C)(C)C)C(F)(F)F)o1. The van der Waals surface area contributed by atoms with Gasteiger partial charge in [-0.25, -0.2) is 9.78 Å². The smallest absolute Gasteiger partial charge is 0.417 e. The van der Waals surface area contributed by atoms with Crippen LogP contribution in [0.4, 0.5) is 18.0 Å². The maximum absolute atomic E-state index is 12.8. The second-order valence-corrected chi connectivity index (χ2v) is 4.93. The molecule has 19 heavy (non-hydrogen) atoms. The summed E-state index contributed by atoms with van der Waals surface area (Å²) < 4.78 is 48.1. The number of amides is 1. The number of oxazole rings is 1. The third kappa shape index (κ3) is 4.80. The molecule has 108 valence electrons. The van der Waals surface area contributed by atoms with E-state index in [1.807, 2.05) is 0 Å². The van der Waals surface area contributed by atoms with Crippen LogP contribution in [0, 0.1) is 6.92 Å². The van der Waals surface area contributed by atoms with Crippen LogP contribution < -0.4 is 5.32 Å². The van der Waals surface area contributed by atoms with Gasteiger partial charge in [0.1, 0.15) is 11.4 Å². The van der Waals surface area contributed by atoms with Gasteiger partial charge in [0.05, 0.1) is 6.20 Å². The number of carbonyl (C=O) groups excluding carboxylic acids is 1. The monoisotopic (exact) mass is 280 g/mol. The van der Waals surface area contributed by atoms with Crippen LogP contribution in [-0.4, -0.2) is 22.9 Å². The van der Waals surface area contributed by atoms with Crippen LogP contribution in [0.5, 0.6) is 0 Å². The molecule has 1 amide bonds. The molecule has 0 aromatic carbocycles. The topological polar surface area (TPSA) is 64.4 Å². The van der Waals surface area contributed by atoms with Crippen LogP contribution in [0.3, 0.4) is 0 Å². The number of rotatable bonds is 2. The summed E-state index contributed by atoms with van der Waals surface area (Å²) in [5, 5.41) is 1.70. The first-order valence-electron chi connectivity index (χ1n) is 5.47. The van der Waals surface area contributed by atoms with E-state index in [2.05, 4.69) is 4.98 Å². The molecular weight excluding hydrogens is 265 g/mol. The van der Waals surface area contributed by atoms with Crippen LogP contribution in [-0.2, 0) is 4.74 Å². The van der Waals surface area contributed by atoms with Gasteiger partial charge in [-0.2, -0.15) is 13.2 Å². The first-order chi connectivity index (χ1) is 8.49. The number of aryl methyl sites for hydroxylation is 1. The number of halogens is 3. The Kier molecular flexibility index (Phi) is 4.12. The molecule has 0 aliphatic heterocycles. The Labute approximate surface area is 108 Å². The fourth-order valence-electron chi connectivity index (χ4n) is 1.21. The number of carbonyl (C=O) groups is 1. The average molecular weight is 280 g/mol. The van der Waals surface area contributed by atoms with Gasteiger partial charge in [-0.1, -0.05) is 0 Å².